The van der Waals surface area contributed by atoms with Crippen molar-refractivity contribution in [3.63, 3.8) is 0 Å². The van der Waals surface area contributed by atoms with E-state index < -0.39 is 0 Å². The Balaban J connectivity index is 1.88. The highest BCUT2D eigenvalue weighted by Crippen LogP contribution is 2.36. The first-order valence-corrected chi connectivity index (χ1v) is 7.91. The summed E-state index contributed by atoms with van der Waals surface area (Å²) in [5, 5.41) is 0.819. The Bertz CT molecular complexity index is 796. The third-order valence-electron chi connectivity index (χ3n) is 3.49. The SMILES string of the molecule is Nc1cc(Cl)c(OCc2ccccc2-c2ccccc2)c(Cl)c1. The van der Waals surface area contributed by atoms with Crippen molar-refractivity contribution in [2.75, 3.05) is 5.73 Å². The van der Waals surface area contributed by atoms with E-state index in [-0.39, 0.29) is 0 Å². The van der Waals surface area contributed by atoms with E-state index in [1.165, 1.54) is 0 Å². The Kier molecular flexibility index (Phi) is 4.75. The van der Waals surface area contributed by atoms with Crippen molar-refractivity contribution < 1.29 is 4.74 Å². The molecule has 0 saturated heterocycles. The van der Waals surface area contributed by atoms with E-state index in [4.69, 9.17) is 33.7 Å². The van der Waals surface area contributed by atoms with Gasteiger partial charge in [0, 0.05) is 5.69 Å². The van der Waals surface area contributed by atoms with Crippen molar-refractivity contribution in [1.29, 1.82) is 0 Å². The summed E-state index contributed by atoms with van der Waals surface area (Å²) < 4.78 is 5.85. The standard InChI is InChI=1S/C19H15Cl2NO/c20-17-10-15(22)11-18(21)19(17)23-12-14-8-4-5-9-16(14)13-6-2-1-3-7-13/h1-11H,12,22H2. The number of benzene rings is 3. The van der Waals surface area contributed by atoms with Gasteiger partial charge in [-0.25, -0.2) is 0 Å². The molecule has 0 aliphatic carbocycles. The maximum absolute atomic E-state index is 6.17. The zero-order valence-electron chi connectivity index (χ0n) is 12.3. The maximum atomic E-state index is 6.17. The van der Waals surface area contributed by atoms with E-state index in [0.717, 1.165) is 16.7 Å². The van der Waals surface area contributed by atoms with Gasteiger partial charge in [0.15, 0.2) is 5.75 Å². The van der Waals surface area contributed by atoms with Gasteiger partial charge in [0.2, 0.25) is 0 Å². The van der Waals surface area contributed by atoms with Gasteiger partial charge in [0.25, 0.3) is 0 Å². The number of hydrogen-bond acceptors (Lipinski definition) is 2. The molecule has 3 aromatic carbocycles. The molecule has 4 heteroatoms. The number of hydrogen-bond donors (Lipinski definition) is 1. The van der Waals surface area contributed by atoms with Gasteiger partial charge in [-0.3, -0.25) is 0 Å². The van der Waals surface area contributed by atoms with E-state index in [2.05, 4.69) is 18.2 Å². The number of nitrogens with two attached hydrogens (primary N) is 1. The molecule has 0 spiro atoms. The van der Waals surface area contributed by atoms with Crippen LogP contribution in [0.3, 0.4) is 0 Å². The highest BCUT2D eigenvalue weighted by Gasteiger charge is 2.11. The fourth-order valence-corrected chi connectivity index (χ4v) is 3.03. The maximum Gasteiger partial charge on any atom is 0.157 e. The second kappa shape index (κ2) is 6.95. The monoisotopic (exact) mass is 343 g/mol. The second-order valence-corrected chi connectivity index (χ2v) is 5.94. The second-order valence-electron chi connectivity index (χ2n) is 5.13. The van der Waals surface area contributed by atoms with Gasteiger partial charge in [0.05, 0.1) is 10.0 Å². The molecule has 3 rings (SSSR count). The summed E-state index contributed by atoms with van der Waals surface area (Å²) >= 11 is 12.3. The fourth-order valence-electron chi connectivity index (χ4n) is 2.41. The van der Waals surface area contributed by atoms with Gasteiger partial charge in [-0.1, -0.05) is 77.8 Å². The van der Waals surface area contributed by atoms with E-state index in [1.54, 1.807) is 12.1 Å². The Morgan fingerprint density at radius 1 is 0.826 bits per heavy atom. The lowest BCUT2D eigenvalue weighted by atomic mass is 10.0. The van der Waals surface area contributed by atoms with Crippen LogP contribution in [0, 0.1) is 0 Å². The summed E-state index contributed by atoms with van der Waals surface area (Å²) in [6.07, 6.45) is 0. The van der Waals surface area contributed by atoms with Gasteiger partial charge >= 0.3 is 0 Å². The molecule has 0 unspecified atom stereocenters. The lowest BCUT2D eigenvalue weighted by Gasteiger charge is -2.13. The molecule has 23 heavy (non-hydrogen) atoms. The van der Waals surface area contributed by atoms with Crippen molar-refractivity contribution in [3.05, 3.63) is 82.3 Å². The van der Waals surface area contributed by atoms with Crippen molar-refractivity contribution in [3.8, 4) is 16.9 Å². The first-order valence-electron chi connectivity index (χ1n) is 7.16. The van der Waals surface area contributed by atoms with Gasteiger partial charge in [-0.2, -0.15) is 0 Å². The highest BCUT2D eigenvalue weighted by atomic mass is 35.5. The first kappa shape index (κ1) is 15.7. The zero-order valence-corrected chi connectivity index (χ0v) is 13.8. The Labute approximate surface area is 145 Å². The molecule has 0 heterocycles. The quantitative estimate of drug-likeness (QED) is 0.605. The third kappa shape index (κ3) is 3.61. The molecule has 0 amide bonds. The molecule has 0 aliphatic rings. The third-order valence-corrected chi connectivity index (χ3v) is 4.06. The Hall–Kier alpha value is -2.16. The van der Waals surface area contributed by atoms with Crippen LogP contribution in [0.2, 0.25) is 10.0 Å². The van der Waals surface area contributed by atoms with E-state index in [0.29, 0.717) is 28.1 Å². The molecule has 3 aromatic rings. The van der Waals surface area contributed by atoms with Gasteiger partial charge < -0.3 is 10.5 Å². The van der Waals surface area contributed by atoms with E-state index in [1.807, 2.05) is 36.4 Å². The average Bonchev–Trinajstić information content (AvgIpc) is 2.55. The molecule has 0 atom stereocenters. The number of halogens is 2. The molecule has 0 saturated carbocycles. The van der Waals surface area contributed by atoms with Crippen LogP contribution in [0.25, 0.3) is 11.1 Å². The number of nitrogen functional groups attached to an aromatic ring is 1. The predicted molar refractivity (Wildman–Crippen MR) is 97.1 cm³/mol. The predicted octanol–water partition coefficient (Wildman–Crippen LogP) is 5.82. The van der Waals surface area contributed by atoms with Gasteiger partial charge in [0.1, 0.15) is 6.61 Å². The van der Waals surface area contributed by atoms with Gasteiger partial charge in [-0.05, 0) is 28.8 Å². The van der Waals surface area contributed by atoms with Crippen LogP contribution in [0.5, 0.6) is 5.75 Å². The number of anilines is 1. The summed E-state index contributed by atoms with van der Waals surface area (Å²) in [5.74, 6) is 0.449. The van der Waals surface area contributed by atoms with Crippen LogP contribution in [0.4, 0.5) is 5.69 Å². The molecule has 0 radical (unpaired) electrons. The molecule has 2 N–H and O–H groups in total. The fraction of sp³-hybridized carbons (Fsp3) is 0.0526. The lowest BCUT2D eigenvalue weighted by Crippen LogP contribution is -1.99. The highest BCUT2D eigenvalue weighted by molar-refractivity contribution is 6.37. The topological polar surface area (TPSA) is 35.2 Å². The van der Waals surface area contributed by atoms with Crippen LogP contribution >= 0.6 is 23.2 Å². The summed E-state index contributed by atoms with van der Waals surface area (Å²) in [5.41, 5.74) is 9.54. The summed E-state index contributed by atoms with van der Waals surface area (Å²) in [7, 11) is 0. The smallest absolute Gasteiger partial charge is 0.157 e. The van der Waals surface area contributed by atoms with Crippen LogP contribution in [-0.4, -0.2) is 0 Å². The zero-order chi connectivity index (χ0) is 16.2. The lowest BCUT2D eigenvalue weighted by molar-refractivity contribution is 0.307. The molecule has 0 aliphatic heterocycles. The normalized spacial score (nSPS) is 10.5. The number of ether oxygens (including phenoxy) is 1. The molecule has 0 fully saturated rings. The van der Waals surface area contributed by atoms with E-state index in [9.17, 15) is 0 Å². The van der Waals surface area contributed by atoms with Crippen molar-refractivity contribution in [2.45, 2.75) is 6.61 Å². The minimum atomic E-state index is 0.369. The van der Waals surface area contributed by atoms with Crippen molar-refractivity contribution in [2.24, 2.45) is 0 Å². The van der Waals surface area contributed by atoms with Crippen LogP contribution in [0.1, 0.15) is 5.56 Å². The van der Waals surface area contributed by atoms with E-state index >= 15 is 0 Å². The Morgan fingerprint density at radius 2 is 1.43 bits per heavy atom. The molecular weight excluding hydrogens is 329 g/mol. The first-order chi connectivity index (χ1) is 11.1. The molecular formula is C19H15Cl2NO. The van der Waals surface area contributed by atoms with Crippen molar-refractivity contribution >= 4 is 28.9 Å². The number of rotatable bonds is 4. The molecule has 116 valence electrons. The Morgan fingerprint density at radius 3 is 2.13 bits per heavy atom. The molecule has 2 nitrogen and oxygen atoms in total. The minimum absolute atomic E-state index is 0.369. The minimum Gasteiger partial charge on any atom is -0.486 e. The average molecular weight is 344 g/mol. The van der Waals surface area contributed by atoms with Crippen LogP contribution < -0.4 is 10.5 Å². The van der Waals surface area contributed by atoms with Gasteiger partial charge in [-0.15, -0.1) is 0 Å². The summed E-state index contributed by atoms with van der Waals surface area (Å²) in [4.78, 5) is 0. The van der Waals surface area contributed by atoms with Crippen LogP contribution in [-0.2, 0) is 6.61 Å². The summed E-state index contributed by atoms with van der Waals surface area (Å²) in [6, 6.07) is 21.5. The largest absolute Gasteiger partial charge is 0.486 e. The van der Waals surface area contributed by atoms with Crippen LogP contribution in [0.15, 0.2) is 66.7 Å². The molecule has 0 bridgehead atoms. The summed E-state index contributed by atoms with van der Waals surface area (Å²) in [6.45, 7) is 0.369. The van der Waals surface area contributed by atoms with Crippen molar-refractivity contribution in [1.82, 2.24) is 0 Å². The molecule has 0 aromatic heterocycles.